The van der Waals surface area contributed by atoms with Crippen molar-refractivity contribution in [3.05, 3.63) is 12.2 Å². The Bertz CT molecular complexity index is 667. The van der Waals surface area contributed by atoms with E-state index in [1.807, 2.05) is 13.8 Å². The molecule has 38 heavy (non-hydrogen) atoms. The van der Waals surface area contributed by atoms with Gasteiger partial charge in [0, 0.05) is 18.0 Å². The smallest absolute Gasteiger partial charge is 0.305 e. The standard InChI is InChI=1S/C23H43NO3.C10H17N/c1-4-5-6-7-8-9-10-11-12-13-14-15-16-17-22(25)24-21(18-20(2)3)19-23(26)27;11-10-4-7-1-8(5-10)3-9(2-7)6-10/h9-10,20-21H,4-8,11-19H2,1-3H3,(H,24,25)(H,26,27);7-9H,1-6,11H2/b10-9-;/t21-;/m1./s1. The number of carbonyl (C=O) groups excluding carboxylic acids is 1. The summed E-state index contributed by atoms with van der Waals surface area (Å²) in [5.41, 5.74) is 6.62. The molecule has 0 spiro atoms. The molecule has 4 rings (SSSR count). The normalized spacial score (nSPS) is 26.4. The predicted octanol–water partition coefficient (Wildman–Crippen LogP) is 8.16. The molecule has 4 aliphatic rings. The van der Waals surface area contributed by atoms with Gasteiger partial charge in [-0.15, -0.1) is 0 Å². The van der Waals surface area contributed by atoms with Gasteiger partial charge in [-0.2, -0.15) is 0 Å². The SMILES string of the molecule is CCCCCC/C=C\CCCCCCCC(=O)N[C@@H](CC(=O)O)CC(C)C.NC12CC3CC(CC(C3)C1)C2. The fraction of sp³-hybridized carbons (Fsp3) is 0.879. The highest BCUT2D eigenvalue weighted by Crippen LogP contribution is 2.54. The molecule has 0 radical (unpaired) electrons. The first-order valence-electron chi connectivity index (χ1n) is 16.1. The molecule has 1 amide bonds. The molecule has 0 unspecified atom stereocenters. The molecule has 4 fully saturated rings. The molecule has 1 atom stereocenters. The van der Waals surface area contributed by atoms with E-state index >= 15 is 0 Å². The van der Waals surface area contributed by atoms with Crippen molar-refractivity contribution in [1.29, 1.82) is 0 Å². The summed E-state index contributed by atoms with van der Waals surface area (Å²) in [6.07, 6.45) is 27.7. The highest BCUT2D eigenvalue weighted by atomic mass is 16.4. The van der Waals surface area contributed by atoms with E-state index in [1.165, 1.54) is 96.3 Å². The zero-order valence-electron chi connectivity index (χ0n) is 25.0. The fourth-order valence-corrected chi connectivity index (χ4v) is 7.45. The lowest BCUT2D eigenvalue weighted by Crippen LogP contribution is -2.55. The topological polar surface area (TPSA) is 92.4 Å². The van der Waals surface area contributed by atoms with Gasteiger partial charge in [0.25, 0.3) is 0 Å². The third-order valence-corrected chi connectivity index (χ3v) is 8.79. The summed E-state index contributed by atoms with van der Waals surface area (Å²) < 4.78 is 0. The number of allylic oxidation sites excluding steroid dienone is 2. The Morgan fingerprint density at radius 3 is 1.84 bits per heavy atom. The van der Waals surface area contributed by atoms with Crippen LogP contribution in [0.1, 0.15) is 149 Å². The van der Waals surface area contributed by atoms with Crippen molar-refractivity contribution in [3.63, 3.8) is 0 Å². The van der Waals surface area contributed by atoms with Gasteiger partial charge >= 0.3 is 5.97 Å². The lowest BCUT2D eigenvalue weighted by atomic mass is 9.53. The minimum absolute atomic E-state index is 0.00657. The summed E-state index contributed by atoms with van der Waals surface area (Å²) in [5.74, 6) is 2.58. The molecule has 0 saturated heterocycles. The Hall–Kier alpha value is -1.36. The quantitative estimate of drug-likeness (QED) is 0.123. The largest absolute Gasteiger partial charge is 0.481 e. The number of carboxylic acids is 1. The van der Waals surface area contributed by atoms with Crippen molar-refractivity contribution in [2.24, 2.45) is 29.4 Å². The molecule has 4 aliphatic carbocycles. The zero-order chi connectivity index (χ0) is 27.8. The first kappa shape index (κ1) is 32.8. The van der Waals surface area contributed by atoms with Crippen LogP contribution in [0.25, 0.3) is 0 Å². The van der Waals surface area contributed by atoms with Gasteiger partial charge in [0.15, 0.2) is 0 Å². The Morgan fingerprint density at radius 1 is 0.868 bits per heavy atom. The predicted molar refractivity (Wildman–Crippen MR) is 159 cm³/mol. The second-order valence-electron chi connectivity index (χ2n) is 13.4. The van der Waals surface area contributed by atoms with Gasteiger partial charge in [0.05, 0.1) is 6.42 Å². The molecule has 0 aromatic heterocycles. The Morgan fingerprint density at radius 2 is 1.37 bits per heavy atom. The Balaban J connectivity index is 0.000000370. The van der Waals surface area contributed by atoms with Crippen molar-refractivity contribution in [2.45, 2.75) is 161 Å². The highest BCUT2D eigenvalue weighted by Gasteiger charge is 2.48. The van der Waals surface area contributed by atoms with Crippen LogP contribution in [-0.2, 0) is 9.59 Å². The van der Waals surface area contributed by atoms with Gasteiger partial charge in [0.2, 0.25) is 5.91 Å². The van der Waals surface area contributed by atoms with E-state index in [4.69, 9.17) is 10.8 Å². The molecule has 220 valence electrons. The number of nitrogens with two attached hydrogens (primary N) is 1. The van der Waals surface area contributed by atoms with Crippen LogP contribution >= 0.6 is 0 Å². The average molecular weight is 533 g/mol. The number of amides is 1. The van der Waals surface area contributed by atoms with E-state index < -0.39 is 5.97 Å². The summed E-state index contributed by atoms with van der Waals surface area (Å²) in [6, 6.07) is -0.247. The van der Waals surface area contributed by atoms with Crippen LogP contribution in [0.4, 0.5) is 0 Å². The van der Waals surface area contributed by atoms with E-state index in [1.54, 1.807) is 0 Å². The number of hydrogen-bond donors (Lipinski definition) is 3. The van der Waals surface area contributed by atoms with Gasteiger partial charge in [0.1, 0.15) is 0 Å². The van der Waals surface area contributed by atoms with Crippen LogP contribution in [0.2, 0.25) is 0 Å². The Labute approximate surface area is 234 Å². The summed E-state index contributed by atoms with van der Waals surface area (Å²) in [6.45, 7) is 6.33. The van der Waals surface area contributed by atoms with Crippen molar-refractivity contribution in [3.8, 4) is 0 Å². The maximum atomic E-state index is 12.0. The number of unbranched alkanes of at least 4 members (excludes halogenated alkanes) is 9. The maximum Gasteiger partial charge on any atom is 0.305 e. The van der Waals surface area contributed by atoms with Gasteiger partial charge in [-0.05, 0) is 101 Å². The maximum absolute atomic E-state index is 12.0. The number of carbonyl (C=O) groups is 2. The molecule has 0 aromatic carbocycles. The summed E-state index contributed by atoms with van der Waals surface area (Å²) >= 11 is 0. The third-order valence-electron chi connectivity index (χ3n) is 8.79. The van der Waals surface area contributed by atoms with Crippen LogP contribution in [0, 0.1) is 23.7 Å². The minimum Gasteiger partial charge on any atom is -0.481 e. The van der Waals surface area contributed by atoms with Crippen LogP contribution in [0.15, 0.2) is 12.2 Å². The fourth-order valence-electron chi connectivity index (χ4n) is 7.45. The number of nitrogens with one attached hydrogen (secondary N) is 1. The average Bonchev–Trinajstić information content (AvgIpc) is 2.80. The van der Waals surface area contributed by atoms with E-state index in [0.29, 0.717) is 24.3 Å². The van der Waals surface area contributed by atoms with E-state index in [2.05, 4.69) is 24.4 Å². The van der Waals surface area contributed by atoms with E-state index in [0.717, 1.165) is 30.6 Å². The van der Waals surface area contributed by atoms with Crippen LogP contribution in [-0.4, -0.2) is 28.6 Å². The monoisotopic (exact) mass is 532 g/mol. The first-order valence-corrected chi connectivity index (χ1v) is 16.1. The van der Waals surface area contributed by atoms with Gasteiger partial charge in [-0.1, -0.05) is 71.4 Å². The van der Waals surface area contributed by atoms with Gasteiger partial charge in [-0.25, -0.2) is 0 Å². The zero-order valence-corrected chi connectivity index (χ0v) is 25.0. The van der Waals surface area contributed by atoms with Crippen LogP contribution in [0.5, 0.6) is 0 Å². The molecule has 0 heterocycles. The van der Waals surface area contributed by atoms with Crippen molar-refractivity contribution < 1.29 is 14.7 Å². The van der Waals surface area contributed by atoms with E-state index in [9.17, 15) is 9.59 Å². The number of rotatable bonds is 18. The number of hydrogen-bond acceptors (Lipinski definition) is 3. The summed E-state index contributed by atoms with van der Waals surface area (Å²) in [4.78, 5) is 22.9. The lowest BCUT2D eigenvalue weighted by molar-refractivity contribution is -0.137. The summed E-state index contributed by atoms with van der Waals surface area (Å²) in [7, 11) is 0. The van der Waals surface area contributed by atoms with Crippen molar-refractivity contribution in [1.82, 2.24) is 5.32 Å². The van der Waals surface area contributed by atoms with E-state index in [-0.39, 0.29) is 18.4 Å². The minimum atomic E-state index is -0.851. The second-order valence-corrected chi connectivity index (χ2v) is 13.4. The van der Waals surface area contributed by atoms with Crippen LogP contribution < -0.4 is 11.1 Å². The molecule has 0 aliphatic heterocycles. The highest BCUT2D eigenvalue weighted by molar-refractivity contribution is 5.77. The molecular formula is C33H60N2O3. The molecule has 5 nitrogen and oxygen atoms in total. The first-order chi connectivity index (χ1) is 18.2. The molecule has 4 bridgehead atoms. The molecular weight excluding hydrogens is 472 g/mol. The van der Waals surface area contributed by atoms with Crippen molar-refractivity contribution >= 4 is 11.9 Å². The summed E-state index contributed by atoms with van der Waals surface area (Å²) in [5, 5.41) is 11.8. The molecule has 4 N–H and O–H groups in total. The van der Waals surface area contributed by atoms with Crippen molar-refractivity contribution in [2.75, 3.05) is 0 Å². The molecule has 5 heteroatoms. The Kier molecular flexibility index (Phi) is 15.6. The van der Waals surface area contributed by atoms with Crippen LogP contribution in [0.3, 0.4) is 0 Å². The number of aliphatic carboxylic acids is 1. The number of carboxylic acid groups (broad SMARTS) is 1. The van der Waals surface area contributed by atoms with Gasteiger partial charge in [-0.3, -0.25) is 9.59 Å². The third kappa shape index (κ3) is 14.1. The second kappa shape index (κ2) is 18.1. The molecule has 0 aromatic rings. The van der Waals surface area contributed by atoms with Gasteiger partial charge < -0.3 is 16.2 Å². The molecule has 4 saturated carbocycles. The lowest BCUT2D eigenvalue weighted by Gasteiger charge is -2.55.